The minimum atomic E-state index is -1.63. The Bertz CT molecular complexity index is 175. The standard InChI is InChI=1S/C5H7Cl2NO3/c1-5(6,7)4(10)11-2-3(8)9/h2H2,1H3,(H2,8,9). The first kappa shape index (κ1) is 10.5. The van der Waals surface area contributed by atoms with Crippen molar-refractivity contribution in [2.45, 2.75) is 11.3 Å². The summed E-state index contributed by atoms with van der Waals surface area (Å²) in [5.74, 6) is -1.64. The molecule has 0 unspecified atom stereocenters. The third kappa shape index (κ3) is 4.86. The Morgan fingerprint density at radius 1 is 1.55 bits per heavy atom. The minimum Gasteiger partial charge on any atom is -0.453 e. The molecule has 0 rings (SSSR count). The third-order valence-corrected chi connectivity index (χ3v) is 1.01. The Kier molecular flexibility index (Phi) is 3.62. The lowest BCUT2D eigenvalue weighted by Crippen LogP contribution is -2.29. The molecule has 0 saturated carbocycles. The van der Waals surface area contributed by atoms with Gasteiger partial charge in [0.2, 0.25) is 4.33 Å². The molecule has 11 heavy (non-hydrogen) atoms. The summed E-state index contributed by atoms with van der Waals surface area (Å²) < 4.78 is 2.66. The maximum atomic E-state index is 10.7. The fourth-order valence-corrected chi connectivity index (χ4v) is 0.373. The molecule has 0 saturated heterocycles. The normalized spacial score (nSPS) is 10.8. The Labute approximate surface area is 73.6 Å². The van der Waals surface area contributed by atoms with Gasteiger partial charge in [0.1, 0.15) is 0 Å². The summed E-state index contributed by atoms with van der Waals surface area (Å²) in [5.41, 5.74) is 4.68. The molecule has 4 nitrogen and oxygen atoms in total. The number of carbonyl (C=O) groups excluding carboxylic acids is 2. The molecular formula is C5H7Cl2NO3. The summed E-state index contributed by atoms with van der Waals surface area (Å²) in [7, 11) is 0. The quantitative estimate of drug-likeness (QED) is 0.522. The SMILES string of the molecule is CC(Cl)(Cl)C(=O)OCC(N)=O. The molecule has 0 atom stereocenters. The van der Waals surface area contributed by atoms with Crippen LogP contribution in [0.4, 0.5) is 0 Å². The number of hydrogen-bond donors (Lipinski definition) is 1. The number of nitrogens with two attached hydrogens (primary N) is 1. The van der Waals surface area contributed by atoms with Crippen LogP contribution in [0.1, 0.15) is 6.92 Å². The summed E-state index contributed by atoms with van der Waals surface area (Å²) in [6.45, 7) is 0.729. The zero-order valence-electron chi connectivity index (χ0n) is 5.77. The highest BCUT2D eigenvalue weighted by Crippen LogP contribution is 2.20. The van der Waals surface area contributed by atoms with Crippen molar-refractivity contribution in [3.8, 4) is 0 Å². The second-order valence-corrected chi connectivity index (χ2v) is 3.64. The number of halogens is 2. The van der Waals surface area contributed by atoms with Crippen LogP contribution in [0.15, 0.2) is 0 Å². The Morgan fingerprint density at radius 2 is 2.00 bits per heavy atom. The van der Waals surface area contributed by atoms with Crippen LogP contribution in [-0.4, -0.2) is 22.8 Å². The van der Waals surface area contributed by atoms with Crippen molar-refractivity contribution in [1.82, 2.24) is 0 Å². The molecule has 0 aliphatic rings. The number of carbonyl (C=O) groups is 2. The van der Waals surface area contributed by atoms with E-state index in [0.717, 1.165) is 0 Å². The number of alkyl halides is 2. The van der Waals surface area contributed by atoms with E-state index >= 15 is 0 Å². The lowest BCUT2D eigenvalue weighted by atomic mass is 10.5. The maximum Gasteiger partial charge on any atom is 0.342 e. The summed E-state index contributed by atoms with van der Waals surface area (Å²) in [6.07, 6.45) is 0. The van der Waals surface area contributed by atoms with Crippen LogP contribution < -0.4 is 5.73 Å². The largest absolute Gasteiger partial charge is 0.453 e. The highest BCUT2D eigenvalue weighted by atomic mass is 35.5. The van der Waals surface area contributed by atoms with Gasteiger partial charge >= 0.3 is 5.97 Å². The van der Waals surface area contributed by atoms with E-state index in [2.05, 4.69) is 10.5 Å². The van der Waals surface area contributed by atoms with E-state index in [9.17, 15) is 9.59 Å². The van der Waals surface area contributed by atoms with Gasteiger partial charge < -0.3 is 10.5 Å². The van der Waals surface area contributed by atoms with E-state index in [-0.39, 0.29) is 0 Å². The fourth-order valence-electron chi connectivity index (χ4n) is 0.263. The van der Waals surface area contributed by atoms with Crippen molar-refractivity contribution in [3.63, 3.8) is 0 Å². The van der Waals surface area contributed by atoms with Crippen molar-refractivity contribution in [2.24, 2.45) is 5.73 Å². The van der Waals surface area contributed by atoms with Crippen LogP contribution in [0.5, 0.6) is 0 Å². The smallest absolute Gasteiger partial charge is 0.342 e. The molecule has 0 aliphatic carbocycles. The van der Waals surface area contributed by atoms with Crippen LogP contribution in [0.25, 0.3) is 0 Å². The van der Waals surface area contributed by atoms with Gasteiger partial charge in [-0.15, -0.1) is 0 Å². The molecule has 2 N–H and O–H groups in total. The van der Waals surface area contributed by atoms with Gasteiger partial charge in [-0.25, -0.2) is 4.79 Å². The van der Waals surface area contributed by atoms with E-state index in [1.54, 1.807) is 0 Å². The summed E-state index contributed by atoms with van der Waals surface area (Å²) >= 11 is 10.6. The fraction of sp³-hybridized carbons (Fsp3) is 0.600. The highest BCUT2D eigenvalue weighted by Gasteiger charge is 2.29. The molecule has 0 aliphatic heterocycles. The van der Waals surface area contributed by atoms with Gasteiger partial charge in [0.25, 0.3) is 5.91 Å². The van der Waals surface area contributed by atoms with Crippen molar-refractivity contribution in [2.75, 3.05) is 6.61 Å². The van der Waals surface area contributed by atoms with Crippen LogP contribution in [0.3, 0.4) is 0 Å². The number of hydrogen-bond acceptors (Lipinski definition) is 3. The number of amides is 1. The average molecular weight is 200 g/mol. The van der Waals surface area contributed by atoms with Crippen molar-refractivity contribution >= 4 is 35.1 Å². The first-order valence-corrected chi connectivity index (χ1v) is 3.43. The molecule has 0 aromatic carbocycles. The number of primary amides is 1. The monoisotopic (exact) mass is 199 g/mol. The molecule has 0 bridgehead atoms. The van der Waals surface area contributed by atoms with Crippen LogP contribution in [0.2, 0.25) is 0 Å². The van der Waals surface area contributed by atoms with Crippen LogP contribution >= 0.6 is 23.2 Å². The molecule has 1 amide bonds. The van der Waals surface area contributed by atoms with E-state index in [0.29, 0.717) is 0 Å². The second kappa shape index (κ2) is 3.78. The van der Waals surface area contributed by atoms with Gasteiger partial charge in [-0.3, -0.25) is 4.79 Å². The molecule has 0 aromatic heterocycles. The maximum absolute atomic E-state index is 10.7. The highest BCUT2D eigenvalue weighted by molar-refractivity contribution is 6.57. The molecule has 0 radical (unpaired) electrons. The van der Waals surface area contributed by atoms with Gasteiger partial charge in [0, 0.05) is 0 Å². The van der Waals surface area contributed by atoms with Crippen LogP contribution in [-0.2, 0) is 14.3 Å². The van der Waals surface area contributed by atoms with Gasteiger partial charge in [-0.1, -0.05) is 23.2 Å². The second-order valence-electron chi connectivity index (χ2n) is 1.93. The zero-order valence-corrected chi connectivity index (χ0v) is 7.28. The lowest BCUT2D eigenvalue weighted by Gasteiger charge is -2.10. The van der Waals surface area contributed by atoms with Gasteiger partial charge in [-0.2, -0.15) is 0 Å². The number of esters is 1. The van der Waals surface area contributed by atoms with E-state index in [4.69, 9.17) is 23.2 Å². The Balaban J connectivity index is 3.80. The molecule has 64 valence electrons. The molecule has 0 heterocycles. The van der Waals surface area contributed by atoms with E-state index in [1.807, 2.05) is 0 Å². The topological polar surface area (TPSA) is 69.4 Å². The van der Waals surface area contributed by atoms with E-state index in [1.165, 1.54) is 6.92 Å². The van der Waals surface area contributed by atoms with Crippen molar-refractivity contribution in [1.29, 1.82) is 0 Å². The van der Waals surface area contributed by atoms with Crippen molar-refractivity contribution in [3.05, 3.63) is 0 Å². The van der Waals surface area contributed by atoms with Crippen molar-refractivity contribution < 1.29 is 14.3 Å². The molecule has 0 spiro atoms. The summed E-state index contributed by atoms with van der Waals surface area (Å²) in [6, 6.07) is 0. The summed E-state index contributed by atoms with van der Waals surface area (Å²) in [5, 5.41) is 0. The predicted molar refractivity (Wildman–Crippen MR) is 40.3 cm³/mol. The predicted octanol–water partition coefficient (Wildman–Crippen LogP) is 0.209. The minimum absolute atomic E-state index is 0.506. The third-order valence-electron chi connectivity index (χ3n) is 0.704. The van der Waals surface area contributed by atoms with Gasteiger partial charge in [0.15, 0.2) is 6.61 Å². The van der Waals surface area contributed by atoms with Crippen LogP contribution in [0, 0.1) is 0 Å². The lowest BCUT2D eigenvalue weighted by molar-refractivity contribution is -0.148. The molecular weight excluding hydrogens is 193 g/mol. The summed E-state index contributed by atoms with van der Waals surface area (Å²) in [4.78, 5) is 20.8. The molecule has 0 fully saturated rings. The first-order chi connectivity index (χ1) is 4.84. The Morgan fingerprint density at radius 3 is 2.27 bits per heavy atom. The Hall–Kier alpha value is -0.480. The van der Waals surface area contributed by atoms with Gasteiger partial charge in [-0.05, 0) is 6.92 Å². The molecule has 6 heteroatoms. The zero-order chi connectivity index (χ0) is 9.07. The average Bonchev–Trinajstić information content (AvgIpc) is 1.80. The number of ether oxygens (including phenoxy) is 1. The first-order valence-electron chi connectivity index (χ1n) is 2.67. The number of rotatable bonds is 3. The molecule has 0 aromatic rings. The van der Waals surface area contributed by atoms with E-state index < -0.39 is 22.8 Å². The van der Waals surface area contributed by atoms with Gasteiger partial charge in [0.05, 0.1) is 0 Å².